The van der Waals surface area contributed by atoms with Crippen molar-refractivity contribution in [2.24, 2.45) is 10.9 Å². The van der Waals surface area contributed by atoms with Gasteiger partial charge in [-0.2, -0.15) is 0 Å². The maximum atomic E-state index is 13.6. The molecule has 1 aromatic carbocycles. The van der Waals surface area contributed by atoms with Crippen LogP contribution in [0.15, 0.2) is 23.4 Å². The van der Waals surface area contributed by atoms with E-state index in [0.29, 0.717) is 0 Å². The second-order valence-corrected chi connectivity index (χ2v) is 4.90. The molecule has 0 atom stereocenters. The first-order chi connectivity index (χ1) is 9.86. The lowest BCUT2D eigenvalue weighted by atomic mass is 10.1. The minimum atomic E-state index is -0.747. The number of benzene rings is 1. The van der Waals surface area contributed by atoms with Crippen LogP contribution in [0.4, 0.5) is 8.78 Å². The topological polar surface area (TPSA) is 78.9 Å². The summed E-state index contributed by atoms with van der Waals surface area (Å²) in [6.07, 6.45) is -0.187. The monoisotopic (exact) mass is 299 g/mol. The average Bonchev–Trinajstić information content (AvgIpc) is 2.42. The van der Waals surface area contributed by atoms with Gasteiger partial charge in [-0.05, 0) is 26.0 Å². The second-order valence-electron chi connectivity index (χ2n) is 4.90. The zero-order chi connectivity index (χ0) is 16.0. The van der Waals surface area contributed by atoms with Crippen LogP contribution < -0.4 is 5.73 Å². The van der Waals surface area contributed by atoms with Crippen molar-refractivity contribution in [3.8, 4) is 0 Å². The van der Waals surface area contributed by atoms with Gasteiger partial charge in [-0.3, -0.25) is 4.79 Å². The number of carbonyl (C=O) groups is 1. The van der Waals surface area contributed by atoms with Crippen LogP contribution in [-0.4, -0.2) is 34.4 Å². The quantitative estimate of drug-likeness (QED) is 0.364. The SMILES string of the molecule is CC(C)N(CC/C(N)=N/O)C(=O)Cc1c(F)cccc1F. The summed E-state index contributed by atoms with van der Waals surface area (Å²) in [5.41, 5.74) is 5.11. The molecule has 21 heavy (non-hydrogen) atoms. The van der Waals surface area contributed by atoms with Gasteiger partial charge < -0.3 is 15.8 Å². The van der Waals surface area contributed by atoms with Gasteiger partial charge in [0.1, 0.15) is 17.5 Å². The van der Waals surface area contributed by atoms with Gasteiger partial charge in [-0.25, -0.2) is 8.78 Å². The normalized spacial score (nSPS) is 11.8. The van der Waals surface area contributed by atoms with E-state index in [0.717, 1.165) is 12.1 Å². The number of amides is 1. The van der Waals surface area contributed by atoms with E-state index in [9.17, 15) is 13.6 Å². The van der Waals surface area contributed by atoms with E-state index < -0.39 is 17.5 Å². The van der Waals surface area contributed by atoms with Gasteiger partial charge in [0.2, 0.25) is 5.91 Å². The molecule has 1 aromatic rings. The smallest absolute Gasteiger partial charge is 0.227 e. The highest BCUT2D eigenvalue weighted by atomic mass is 19.1. The zero-order valence-corrected chi connectivity index (χ0v) is 12.0. The van der Waals surface area contributed by atoms with Crippen LogP contribution >= 0.6 is 0 Å². The highest BCUT2D eigenvalue weighted by molar-refractivity contribution is 5.82. The van der Waals surface area contributed by atoms with E-state index in [2.05, 4.69) is 5.16 Å². The summed E-state index contributed by atoms with van der Waals surface area (Å²) >= 11 is 0. The molecule has 3 N–H and O–H groups in total. The molecule has 0 unspecified atom stereocenters. The Morgan fingerprint density at radius 1 is 1.38 bits per heavy atom. The molecule has 0 spiro atoms. The van der Waals surface area contributed by atoms with Gasteiger partial charge in [0.15, 0.2) is 0 Å². The first-order valence-corrected chi connectivity index (χ1v) is 6.55. The number of carbonyl (C=O) groups excluding carboxylic acids is 1. The van der Waals surface area contributed by atoms with Gasteiger partial charge in [-0.1, -0.05) is 11.2 Å². The summed E-state index contributed by atoms with van der Waals surface area (Å²) in [4.78, 5) is 13.6. The number of rotatable bonds is 6. The molecule has 0 aliphatic carbocycles. The number of amidine groups is 1. The Labute approximate surface area is 122 Å². The Morgan fingerprint density at radius 3 is 2.43 bits per heavy atom. The van der Waals surface area contributed by atoms with Gasteiger partial charge in [0.25, 0.3) is 0 Å². The third kappa shape index (κ3) is 4.70. The maximum Gasteiger partial charge on any atom is 0.227 e. The summed E-state index contributed by atoms with van der Waals surface area (Å²) in [6.45, 7) is 3.77. The van der Waals surface area contributed by atoms with Gasteiger partial charge >= 0.3 is 0 Å². The standard InChI is InChI=1S/C14H19F2N3O2/c1-9(2)19(7-6-13(17)18-21)14(20)8-10-11(15)4-3-5-12(10)16/h3-5,9,21H,6-8H2,1-2H3,(H2,17,18). The molecule has 0 aliphatic rings. The fourth-order valence-electron chi connectivity index (χ4n) is 1.91. The third-order valence-electron chi connectivity index (χ3n) is 3.07. The zero-order valence-electron chi connectivity index (χ0n) is 12.0. The van der Waals surface area contributed by atoms with E-state index in [-0.39, 0.29) is 36.8 Å². The lowest BCUT2D eigenvalue weighted by molar-refractivity contribution is -0.132. The molecule has 0 saturated carbocycles. The van der Waals surface area contributed by atoms with Crippen LogP contribution in [0.3, 0.4) is 0 Å². The highest BCUT2D eigenvalue weighted by Gasteiger charge is 2.20. The van der Waals surface area contributed by atoms with Crippen molar-refractivity contribution < 1.29 is 18.8 Å². The van der Waals surface area contributed by atoms with Crippen molar-refractivity contribution >= 4 is 11.7 Å². The maximum absolute atomic E-state index is 13.6. The number of oxime groups is 1. The molecule has 0 radical (unpaired) electrons. The van der Waals surface area contributed by atoms with Crippen molar-refractivity contribution in [1.82, 2.24) is 4.90 Å². The summed E-state index contributed by atoms with van der Waals surface area (Å²) in [6, 6.07) is 3.31. The second kappa shape index (κ2) is 7.56. The number of halogens is 2. The van der Waals surface area contributed by atoms with Crippen LogP contribution in [0.1, 0.15) is 25.8 Å². The number of nitrogens with two attached hydrogens (primary N) is 1. The van der Waals surface area contributed by atoms with Crippen LogP contribution in [0, 0.1) is 11.6 Å². The predicted octanol–water partition coefficient (Wildman–Crippen LogP) is 1.88. The van der Waals surface area contributed by atoms with Crippen molar-refractivity contribution in [2.75, 3.05) is 6.54 Å². The Balaban J connectivity index is 2.82. The van der Waals surface area contributed by atoms with Crippen LogP contribution in [-0.2, 0) is 11.2 Å². The molecule has 1 amide bonds. The molecule has 0 aliphatic heterocycles. The minimum Gasteiger partial charge on any atom is -0.409 e. The third-order valence-corrected chi connectivity index (χ3v) is 3.07. The minimum absolute atomic E-state index is 0.00878. The van der Waals surface area contributed by atoms with Gasteiger partial charge in [0, 0.05) is 24.6 Å². The van der Waals surface area contributed by atoms with E-state index in [1.807, 2.05) is 0 Å². The Hall–Kier alpha value is -2.18. The molecule has 0 saturated heterocycles. The van der Waals surface area contributed by atoms with Crippen LogP contribution in [0.25, 0.3) is 0 Å². The summed E-state index contributed by atoms with van der Waals surface area (Å²) in [5.74, 6) is -1.92. The van der Waals surface area contributed by atoms with Crippen LogP contribution in [0.5, 0.6) is 0 Å². The molecule has 0 heterocycles. The molecule has 0 aromatic heterocycles. The van der Waals surface area contributed by atoms with Crippen LogP contribution in [0.2, 0.25) is 0 Å². The molecule has 0 fully saturated rings. The number of hydrogen-bond donors (Lipinski definition) is 2. The highest BCUT2D eigenvalue weighted by Crippen LogP contribution is 2.15. The van der Waals surface area contributed by atoms with Gasteiger partial charge in [0.05, 0.1) is 6.42 Å². The van der Waals surface area contributed by atoms with Crippen molar-refractivity contribution in [3.05, 3.63) is 35.4 Å². The molecule has 7 heteroatoms. The van der Waals surface area contributed by atoms with E-state index >= 15 is 0 Å². The molecule has 1 rings (SSSR count). The van der Waals surface area contributed by atoms with Crippen molar-refractivity contribution in [2.45, 2.75) is 32.7 Å². The average molecular weight is 299 g/mol. The largest absolute Gasteiger partial charge is 0.409 e. The first kappa shape index (κ1) is 16.9. The molecule has 5 nitrogen and oxygen atoms in total. The Morgan fingerprint density at radius 2 is 1.95 bits per heavy atom. The van der Waals surface area contributed by atoms with Crippen molar-refractivity contribution in [3.63, 3.8) is 0 Å². The first-order valence-electron chi connectivity index (χ1n) is 6.55. The fourth-order valence-corrected chi connectivity index (χ4v) is 1.91. The predicted molar refractivity (Wildman–Crippen MR) is 74.9 cm³/mol. The lowest BCUT2D eigenvalue weighted by Crippen LogP contribution is -2.40. The summed E-state index contributed by atoms with van der Waals surface area (Å²) in [5, 5.41) is 11.3. The molecular formula is C14H19F2N3O2. The fraction of sp³-hybridized carbons (Fsp3) is 0.429. The lowest BCUT2D eigenvalue weighted by Gasteiger charge is -2.26. The van der Waals surface area contributed by atoms with Crippen molar-refractivity contribution in [1.29, 1.82) is 0 Å². The van der Waals surface area contributed by atoms with E-state index in [1.165, 1.54) is 11.0 Å². The summed E-state index contributed by atoms with van der Waals surface area (Å²) < 4.78 is 27.1. The summed E-state index contributed by atoms with van der Waals surface area (Å²) in [7, 11) is 0. The number of hydrogen-bond acceptors (Lipinski definition) is 3. The van der Waals surface area contributed by atoms with Gasteiger partial charge in [-0.15, -0.1) is 0 Å². The molecular weight excluding hydrogens is 280 g/mol. The Kier molecular flexibility index (Phi) is 6.08. The van der Waals surface area contributed by atoms with E-state index in [4.69, 9.17) is 10.9 Å². The Bertz CT molecular complexity index is 513. The molecule has 0 bridgehead atoms. The van der Waals surface area contributed by atoms with E-state index in [1.54, 1.807) is 13.8 Å². The number of nitrogens with zero attached hydrogens (tertiary/aromatic N) is 2. The molecule has 116 valence electrons.